The number of phenolic OH excluding ortho intramolecular Hbond substituents is 1. The molecule has 2 aliphatic rings. The van der Waals surface area contributed by atoms with Gasteiger partial charge in [-0.15, -0.1) is 0 Å². The summed E-state index contributed by atoms with van der Waals surface area (Å²) in [6.45, 7) is 3.20. The van der Waals surface area contributed by atoms with Gasteiger partial charge in [0.25, 0.3) is 0 Å². The van der Waals surface area contributed by atoms with E-state index >= 15 is 0 Å². The molecule has 0 aromatic heterocycles. The Morgan fingerprint density at radius 3 is 2.70 bits per heavy atom. The van der Waals surface area contributed by atoms with Crippen molar-refractivity contribution in [1.29, 1.82) is 0 Å². The summed E-state index contributed by atoms with van der Waals surface area (Å²) in [5.41, 5.74) is 6.74. The van der Waals surface area contributed by atoms with Crippen LogP contribution >= 0.6 is 11.6 Å². The first-order valence-electron chi connectivity index (χ1n) is 8.35. The second kappa shape index (κ2) is 5.54. The first-order valence-corrected chi connectivity index (χ1v) is 8.73. The van der Waals surface area contributed by atoms with Crippen LogP contribution in [0, 0.1) is 6.92 Å². The monoisotopic (exact) mass is 327 g/mol. The normalized spacial score (nSPS) is 23.6. The fourth-order valence-electron chi connectivity index (χ4n) is 4.37. The smallest absolute Gasteiger partial charge is 0.134 e. The van der Waals surface area contributed by atoms with Gasteiger partial charge in [0.2, 0.25) is 0 Å². The highest BCUT2D eigenvalue weighted by Gasteiger charge is 2.36. The van der Waals surface area contributed by atoms with Crippen molar-refractivity contribution < 1.29 is 5.11 Å². The Balaban J connectivity index is 1.94. The summed E-state index contributed by atoms with van der Waals surface area (Å²) in [5.74, 6) is 0.526. The predicted octanol–water partition coefficient (Wildman–Crippen LogP) is 4.29. The molecule has 0 radical (unpaired) electrons. The Morgan fingerprint density at radius 2 is 1.87 bits per heavy atom. The van der Waals surface area contributed by atoms with Gasteiger partial charge >= 0.3 is 0 Å². The van der Waals surface area contributed by atoms with E-state index in [0.717, 1.165) is 19.4 Å². The van der Waals surface area contributed by atoms with Gasteiger partial charge in [-0.3, -0.25) is 0 Å². The quantitative estimate of drug-likeness (QED) is 0.780. The van der Waals surface area contributed by atoms with Crippen molar-refractivity contribution in [2.24, 2.45) is 0 Å². The lowest BCUT2D eigenvalue weighted by Gasteiger charge is -2.38. The van der Waals surface area contributed by atoms with Gasteiger partial charge in [0.05, 0.1) is 5.02 Å². The lowest BCUT2D eigenvalue weighted by atomic mass is 9.74. The average Bonchev–Trinajstić information content (AvgIpc) is 2.66. The third-order valence-corrected chi connectivity index (χ3v) is 5.87. The number of aryl methyl sites for hydroxylation is 2. The van der Waals surface area contributed by atoms with E-state index in [1.54, 1.807) is 0 Å². The van der Waals surface area contributed by atoms with Gasteiger partial charge in [-0.1, -0.05) is 35.4 Å². The van der Waals surface area contributed by atoms with E-state index in [4.69, 9.17) is 11.6 Å². The van der Waals surface area contributed by atoms with Crippen molar-refractivity contribution >= 4 is 11.6 Å². The molecule has 0 saturated carbocycles. The van der Waals surface area contributed by atoms with Crippen molar-refractivity contribution in [2.75, 3.05) is 13.6 Å². The molecular weight excluding hydrogens is 306 g/mol. The molecule has 0 amide bonds. The highest BCUT2D eigenvalue weighted by Crippen LogP contribution is 2.44. The topological polar surface area (TPSA) is 23.5 Å². The molecule has 2 atom stereocenters. The number of hydrogen-bond donors (Lipinski definition) is 1. The Bertz CT molecular complexity index is 770. The summed E-state index contributed by atoms with van der Waals surface area (Å²) in [4.78, 5) is 2.48. The summed E-state index contributed by atoms with van der Waals surface area (Å²) in [7, 11) is 2.23. The summed E-state index contributed by atoms with van der Waals surface area (Å²) < 4.78 is 0. The standard InChI is InChI=1S/C20H22ClNO/c1-12-3-5-15-13(9-12)4-6-18-20(15)16-11-19(23)17(21)10-14(16)7-8-22(18)2/h3,5,9-11,18,20,23H,4,6-8H2,1-2H3/t18-,20+/m0/s1. The molecule has 3 heteroatoms. The maximum Gasteiger partial charge on any atom is 0.134 e. The van der Waals surface area contributed by atoms with Crippen LogP contribution < -0.4 is 0 Å². The number of nitrogens with zero attached hydrogens (tertiary/aromatic N) is 1. The number of rotatable bonds is 0. The molecule has 4 rings (SSSR count). The Kier molecular flexibility index (Phi) is 3.62. The molecule has 2 aromatic rings. The highest BCUT2D eigenvalue weighted by atomic mass is 35.5. The van der Waals surface area contributed by atoms with E-state index < -0.39 is 0 Å². The SMILES string of the molecule is Cc1ccc2c(c1)CC[C@H]1[C@H]2c2cc(O)c(Cl)cc2CCN1C. The number of likely N-dealkylation sites (N-methyl/N-ethyl adjacent to an activating group) is 1. The molecule has 1 aliphatic heterocycles. The van der Waals surface area contributed by atoms with Gasteiger partial charge in [-0.2, -0.15) is 0 Å². The van der Waals surface area contributed by atoms with Crippen LogP contribution in [0.15, 0.2) is 30.3 Å². The van der Waals surface area contributed by atoms with Crippen LogP contribution in [0.5, 0.6) is 5.75 Å². The zero-order valence-corrected chi connectivity index (χ0v) is 14.4. The largest absolute Gasteiger partial charge is 0.506 e. The lowest BCUT2D eigenvalue weighted by Crippen LogP contribution is -2.39. The molecule has 1 aliphatic carbocycles. The zero-order valence-electron chi connectivity index (χ0n) is 13.6. The summed E-state index contributed by atoms with van der Waals surface area (Å²) in [6.07, 6.45) is 3.29. The number of aromatic hydroxyl groups is 1. The summed E-state index contributed by atoms with van der Waals surface area (Å²) >= 11 is 6.17. The third-order valence-electron chi connectivity index (χ3n) is 5.57. The molecule has 0 bridgehead atoms. The van der Waals surface area contributed by atoms with Gasteiger partial charge in [0.15, 0.2) is 0 Å². The van der Waals surface area contributed by atoms with Gasteiger partial charge < -0.3 is 10.0 Å². The molecule has 1 heterocycles. The number of benzene rings is 2. The van der Waals surface area contributed by atoms with Gasteiger partial charge in [-0.25, -0.2) is 0 Å². The Labute approximate surface area is 142 Å². The number of fused-ring (bicyclic) bond motifs is 5. The van der Waals surface area contributed by atoms with E-state index in [-0.39, 0.29) is 5.75 Å². The maximum absolute atomic E-state index is 10.2. The van der Waals surface area contributed by atoms with E-state index in [2.05, 4.69) is 37.1 Å². The average molecular weight is 328 g/mol. The van der Waals surface area contributed by atoms with E-state index in [9.17, 15) is 5.11 Å². The molecule has 0 spiro atoms. The van der Waals surface area contributed by atoms with Crippen LogP contribution in [-0.2, 0) is 12.8 Å². The Hall–Kier alpha value is -1.51. The predicted molar refractivity (Wildman–Crippen MR) is 94.6 cm³/mol. The molecule has 2 nitrogen and oxygen atoms in total. The summed E-state index contributed by atoms with van der Waals surface area (Å²) in [6, 6.07) is 11.2. The van der Waals surface area contributed by atoms with Gasteiger partial charge in [0, 0.05) is 18.5 Å². The fraction of sp³-hybridized carbons (Fsp3) is 0.400. The molecule has 1 N–H and O–H groups in total. The minimum atomic E-state index is 0.202. The van der Waals surface area contributed by atoms with Crippen molar-refractivity contribution in [1.82, 2.24) is 4.90 Å². The second-order valence-corrected chi connectivity index (χ2v) is 7.43. The molecule has 2 aromatic carbocycles. The van der Waals surface area contributed by atoms with Crippen LogP contribution in [-0.4, -0.2) is 29.6 Å². The summed E-state index contributed by atoms with van der Waals surface area (Å²) in [5, 5.41) is 10.6. The molecule has 0 unspecified atom stereocenters. The van der Waals surface area contributed by atoms with E-state index in [1.165, 1.54) is 34.2 Å². The van der Waals surface area contributed by atoms with Crippen molar-refractivity contribution in [3.8, 4) is 5.75 Å². The van der Waals surface area contributed by atoms with E-state index in [1.807, 2.05) is 12.1 Å². The van der Waals surface area contributed by atoms with E-state index in [0.29, 0.717) is 17.0 Å². The third kappa shape index (κ3) is 2.45. The lowest BCUT2D eigenvalue weighted by molar-refractivity contribution is 0.214. The maximum atomic E-state index is 10.2. The molecular formula is C20H22ClNO. The molecule has 23 heavy (non-hydrogen) atoms. The minimum Gasteiger partial charge on any atom is -0.506 e. The van der Waals surface area contributed by atoms with Crippen LogP contribution in [0.4, 0.5) is 0 Å². The first-order chi connectivity index (χ1) is 11.0. The number of phenols is 1. The Morgan fingerprint density at radius 1 is 1.09 bits per heavy atom. The van der Waals surface area contributed by atoms with Crippen molar-refractivity contribution in [2.45, 2.75) is 38.1 Å². The van der Waals surface area contributed by atoms with Crippen molar-refractivity contribution in [3.05, 3.63) is 63.2 Å². The van der Waals surface area contributed by atoms with Crippen molar-refractivity contribution in [3.63, 3.8) is 0 Å². The second-order valence-electron chi connectivity index (χ2n) is 7.02. The first kappa shape index (κ1) is 15.0. The zero-order chi connectivity index (χ0) is 16.1. The van der Waals surface area contributed by atoms with Crippen LogP contribution in [0.25, 0.3) is 0 Å². The molecule has 120 valence electrons. The number of halogens is 1. The fourth-order valence-corrected chi connectivity index (χ4v) is 4.56. The molecule has 0 fully saturated rings. The van der Waals surface area contributed by atoms with Crippen LogP contribution in [0.3, 0.4) is 0 Å². The van der Waals surface area contributed by atoms with Gasteiger partial charge in [0.1, 0.15) is 5.75 Å². The minimum absolute atomic E-state index is 0.202. The highest BCUT2D eigenvalue weighted by molar-refractivity contribution is 6.32. The van der Waals surface area contributed by atoms with Crippen LogP contribution in [0.1, 0.15) is 40.2 Å². The van der Waals surface area contributed by atoms with Crippen LogP contribution in [0.2, 0.25) is 5.02 Å². The number of hydrogen-bond acceptors (Lipinski definition) is 2. The molecule has 0 saturated heterocycles. The van der Waals surface area contributed by atoms with Gasteiger partial charge in [-0.05, 0) is 67.6 Å².